The van der Waals surface area contributed by atoms with E-state index in [1.807, 2.05) is 0 Å². The topological polar surface area (TPSA) is 105 Å². The average Bonchev–Trinajstić information content (AvgIpc) is 2.39. The van der Waals surface area contributed by atoms with E-state index in [0.29, 0.717) is 25.8 Å². The second-order valence-corrected chi connectivity index (χ2v) is 4.32. The molecule has 19 heavy (non-hydrogen) atoms. The van der Waals surface area contributed by atoms with Crippen molar-refractivity contribution in [1.29, 1.82) is 0 Å². The van der Waals surface area contributed by atoms with Gasteiger partial charge in [-0.25, -0.2) is 0 Å². The SMILES string of the molecule is N[C@@H](CCCCNC(=O)Cc1ccncc1)C(=O)O. The first-order chi connectivity index (χ1) is 9.09. The van der Waals surface area contributed by atoms with Crippen LogP contribution in [0.15, 0.2) is 24.5 Å². The van der Waals surface area contributed by atoms with E-state index in [4.69, 9.17) is 10.8 Å². The van der Waals surface area contributed by atoms with Crippen molar-refractivity contribution in [3.8, 4) is 0 Å². The van der Waals surface area contributed by atoms with Gasteiger partial charge >= 0.3 is 5.97 Å². The van der Waals surface area contributed by atoms with Gasteiger partial charge in [-0.2, -0.15) is 0 Å². The zero-order valence-corrected chi connectivity index (χ0v) is 10.7. The quantitative estimate of drug-likeness (QED) is 0.587. The third kappa shape index (κ3) is 6.52. The lowest BCUT2D eigenvalue weighted by molar-refractivity contribution is -0.138. The standard InChI is InChI=1S/C13H19N3O3/c14-11(13(18)19)3-1-2-6-16-12(17)9-10-4-7-15-8-5-10/h4-5,7-8,11H,1-3,6,9,14H2,(H,16,17)(H,18,19)/t11-/m0/s1. The highest BCUT2D eigenvalue weighted by Crippen LogP contribution is 1.99. The van der Waals surface area contributed by atoms with Crippen LogP contribution in [-0.4, -0.2) is 34.6 Å². The van der Waals surface area contributed by atoms with E-state index >= 15 is 0 Å². The summed E-state index contributed by atoms with van der Waals surface area (Å²) in [4.78, 5) is 25.9. The molecule has 0 radical (unpaired) electrons. The number of carbonyl (C=O) groups excluding carboxylic acids is 1. The number of aliphatic carboxylic acids is 1. The maximum Gasteiger partial charge on any atom is 0.320 e. The number of hydrogen-bond donors (Lipinski definition) is 3. The molecule has 6 nitrogen and oxygen atoms in total. The Bertz CT molecular complexity index is 409. The van der Waals surface area contributed by atoms with Crippen molar-refractivity contribution in [2.75, 3.05) is 6.54 Å². The molecule has 0 aliphatic rings. The lowest BCUT2D eigenvalue weighted by Crippen LogP contribution is -2.30. The number of nitrogens with two attached hydrogens (primary N) is 1. The van der Waals surface area contributed by atoms with Crippen molar-refractivity contribution in [3.05, 3.63) is 30.1 Å². The molecule has 0 aliphatic heterocycles. The van der Waals surface area contributed by atoms with Crippen LogP contribution in [0.5, 0.6) is 0 Å². The largest absolute Gasteiger partial charge is 0.480 e. The van der Waals surface area contributed by atoms with Crippen LogP contribution in [0, 0.1) is 0 Å². The monoisotopic (exact) mass is 265 g/mol. The zero-order valence-electron chi connectivity index (χ0n) is 10.7. The van der Waals surface area contributed by atoms with Gasteiger partial charge in [-0.1, -0.05) is 0 Å². The summed E-state index contributed by atoms with van der Waals surface area (Å²) in [6.45, 7) is 0.538. The number of carboxylic acids is 1. The molecule has 1 heterocycles. The van der Waals surface area contributed by atoms with Crippen molar-refractivity contribution >= 4 is 11.9 Å². The fourth-order valence-corrected chi connectivity index (χ4v) is 1.59. The Kier molecular flexibility index (Phi) is 6.52. The number of carbonyl (C=O) groups is 2. The summed E-state index contributed by atoms with van der Waals surface area (Å²) in [6.07, 6.45) is 5.46. The van der Waals surface area contributed by atoms with Crippen molar-refractivity contribution in [1.82, 2.24) is 10.3 Å². The van der Waals surface area contributed by atoms with E-state index in [9.17, 15) is 9.59 Å². The minimum absolute atomic E-state index is 0.0475. The van der Waals surface area contributed by atoms with Crippen LogP contribution in [0.3, 0.4) is 0 Å². The summed E-state index contributed by atoms with van der Waals surface area (Å²) in [5.74, 6) is -1.03. The van der Waals surface area contributed by atoms with Gasteiger partial charge in [0.05, 0.1) is 6.42 Å². The Morgan fingerprint density at radius 3 is 2.63 bits per heavy atom. The number of rotatable bonds is 8. The van der Waals surface area contributed by atoms with Gasteiger partial charge in [-0.15, -0.1) is 0 Å². The van der Waals surface area contributed by atoms with Crippen LogP contribution in [0.2, 0.25) is 0 Å². The Labute approximate surface area is 112 Å². The van der Waals surface area contributed by atoms with Gasteiger partial charge in [0.1, 0.15) is 6.04 Å². The van der Waals surface area contributed by atoms with Crippen LogP contribution in [-0.2, 0) is 16.0 Å². The molecule has 0 bridgehead atoms. The second kappa shape index (κ2) is 8.20. The molecule has 0 fully saturated rings. The fraction of sp³-hybridized carbons (Fsp3) is 0.462. The molecule has 1 aromatic heterocycles. The van der Waals surface area contributed by atoms with E-state index in [1.165, 1.54) is 0 Å². The Morgan fingerprint density at radius 2 is 2.00 bits per heavy atom. The van der Waals surface area contributed by atoms with Crippen molar-refractivity contribution in [2.24, 2.45) is 5.73 Å². The van der Waals surface area contributed by atoms with Crippen LogP contribution in [0.25, 0.3) is 0 Å². The highest BCUT2D eigenvalue weighted by atomic mass is 16.4. The van der Waals surface area contributed by atoms with E-state index in [0.717, 1.165) is 12.0 Å². The van der Waals surface area contributed by atoms with Crippen molar-refractivity contribution < 1.29 is 14.7 Å². The molecule has 6 heteroatoms. The number of nitrogens with one attached hydrogen (secondary N) is 1. The van der Waals surface area contributed by atoms with Gasteiger partial charge in [0.2, 0.25) is 5.91 Å². The summed E-state index contributed by atoms with van der Waals surface area (Å²) in [7, 11) is 0. The lowest BCUT2D eigenvalue weighted by Gasteiger charge is -2.07. The zero-order chi connectivity index (χ0) is 14.1. The van der Waals surface area contributed by atoms with Crippen LogP contribution >= 0.6 is 0 Å². The first-order valence-corrected chi connectivity index (χ1v) is 6.23. The number of aromatic nitrogens is 1. The van der Waals surface area contributed by atoms with E-state index in [-0.39, 0.29) is 5.91 Å². The highest BCUT2D eigenvalue weighted by Gasteiger charge is 2.10. The molecule has 4 N–H and O–H groups in total. The van der Waals surface area contributed by atoms with Gasteiger partial charge in [-0.3, -0.25) is 14.6 Å². The van der Waals surface area contributed by atoms with E-state index < -0.39 is 12.0 Å². The van der Waals surface area contributed by atoms with Crippen LogP contribution in [0.1, 0.15) is 24.8 Å². The first kappa shape index (κ1) is 15.1. The normalized spacial score (nSPS) is 11.8. The third-order valence-electron chi connectivity index (χ3n) is 2.70. The van der Waals surface area contributed by atoms with E-state index in [1.54, 1.807) is 24.5 Å². The van der Waals surface area contributed by atoms with Gasteiger partial charge in [0.15, 0.2) is 0 Å². The van der Waals surface area contributed by atoms with Crippen molar-refractivity contribution in [3.63, 3.8) is 0 Å². The van der Waals surface area contributed by atoms with E-state index in [2.05, 4.69) is 10.3 Å². The number of unbranched alkanes of at least 4 members (excludes halogenated alkanes) is 1. The number of hydrogen-bond acceptors (Lipinski definition) is 4. The second-order valence-electron chi connectivity index (χ2n) is 4.32. The molecule has 0 aliphatic carbocycles. The number of carboxylic acid groups (broad SMARTS) is 1. The predicted octanol–water partition coefficient (Wildman–Crippen LogP) is 0.322. The molecule has 0 unspecified atom stereocenters. The molecule has 0 saturated carbocycles. The maximum atomic E-state index is 11.6. The molecule has 1 rings (SSSR count). The Hall–Kier alpha value is -1.95. The smallest absolute Gasteiger partial charge is 0.320 e. The molecular formula is C13H19N3O3. The lowest BCUT2D eigenvalue weighted by atomic mass is 10.1. The van der Waals surface area contributed by atoms with Crippen molar-refractivity contribution in [2.45, 2.75) is 31.7 Å². The Balaban J connectivity index is 2.10. The molecule has 0 saturated heterocycles. The summed E-state index contributed by atoms with van der Waals surface area (Å²) in [5.41, 5.74) is 6.28. The molecule has 0 aromatic carbocycles. The van der Waals surface area contributed by atoms with Crippen LogP contribution < -0.4 is 11.1 Å². The number of amides is 1. The maximum absolute atomic E-state index is 11.6. The molecule has 0 spiro atoms. The Morgan fingerprint density at radius 1 is 1.32 bits per heavy atom. The summed E-state index contributed by atoms with van der Waals surface area (Å²) in [5, 5.41) is 11.4. The molecule has 1 atom stereocenters. The number of pyridine rings is 1. The van der Waals surface area contributed by atoms with Crippen LogP contribution in [0.4, 0.5) is 0 Å². The molecule has 104 valence electrons. The average molecular weight is 265 g/mol. The molecular weight excluding hydrogens is 246 g/mol. The van der Waals surface area contributed by atoms with Gasteiger partial charge in [0.25, 0.3) is 0 Å². The van der Waals surface area contributed by atoms with Gasteiger partial charge in [0, 0.05) is 18.9 Å². The summed E-state index contributed by atoms with van der Waals surface area (Å²) < 4.78 is 0. The minimum Gasteiger partial charge on any atom is -0.480 e. The predicted molar refractivity (Wildman–Crippen MR) is 70.4 cm³/mol. The first-order valence-electron chi connectivity index (χ1n) is 6.23. The number of nitrogens with zero attached hydrogens (tertiary/aromatic N) is 1. The van der Waals surface area contributed by atoms with Gasteiger partial charge < -0.3 is 16.2 Å². The third-order valence-corrected chi connectivity index (χ3v) is 2.70. The molecule has 1 aromatic rings. The summed E-state index contributed by atoms with van der Waals surface area (Å²) >= 11 is 0. The summed E-state index contributed by atoms with van der Waals surface area (Å²) in [6, 6.07) is 2.78. The van der Waals surface area contributed by atoms with Gasteiger partial charge in [-0.05, 0) is 37.0 Å². The fourth-order valence-electron chi connectivity index (χ4n) is 1.59. The minimum atomic E-state index is -0.985. The molecule has 1 amide bonds. The highest BCUT2D eigenvalue weighted by molar-refractivity contribution is 5.78.